The zero-order valence-corrected chi connectivity index (χ0v) is 8.35. The van der Waals surface area contributed by atoms with Crippen molar-refractivity contribution in [2.24, 2.45) is 0 Å². The van der Waals surface area contributed by atoms with Crippen LogP contribution in [0.25, 0.3) is 0 Å². The maximum atomic E-state index is 13.3. The number of hydrogen-bond donors (Lipinski definition) is 0. The highest BCUT2D eigenvalue weighted by atomic mass is 32.2. The van der Waals surface area contributed by atoms with E-state index < -0.39 is 5.50 Å². The van der Waals surface area contributed by atoms with Gasteiger partial charge in [-0.2, -0.15) is 0 Å². The maximum Gasteiger partial charge on any atom is 0.163 e. The van der Waals surface area contributed by atoms with Crippen molar-refractivity contribution in [3.8, 4) is 0 Å². The van der Waals surface area contributed by atoms with Gasteiger partial charge in [-0.3, -0.25) is 4.90 Å². The lowest BCUT2D eigenvalue weighted by Crippen LogP contribution is -2.22. The Balaban J connectivity index is 2.32. The van der Waals surface area contributed by atoms with E-state index in [2.05, 4.69) is 6.07 Å². The van der Waals surface area contributed by atoms with Crippen LogP contribution in [0.1, 0.15) is 5.56 Å². The van der Waals surface area contributed by atoms with Crippen LogP contribution in [-0.4, -0.2) is 24.0 Å². The number of rotatable bonds is 0. The van der Waals surface area contributed by atoms with E-state index in [0.717, 1.165) is 11.4 Å². The molecule has 1 atom stereocenters. The molecule has 0 fully saturated rings. The lowest BCUT2D eigenvalue weighted by Gasteiger charge is -2.13. The molecule has 1 aromatic carbocycles. The molecule has 1 nitrogen and oxygen atoms in total. The van der Waals surface area contributed by atoms with Gasteiger partial charge in [0, 0.05) is 18.0 Å². The first-order valence-corrected chi connectivity index (χ1v) is 5.21. The van der Waals surface area contributed by atoms with Crippen molar-refractivity contribution in [2.75, 3.05) is 13.6 Å². The summed E-state index contributed by atoms with van der Waals surface area (Å²) >= 11 is 1.33. The lowest BCUT2D eigenvalue weighted by molar-refractivity contribution is 0.274. The Morgan fingerprint density at radius 2 is 2.23 bits per heavy atom. The van der Waals surface area contributed by atoms with Gasteiger partial charge in [0.05, 0.1) is 0 Å². The Labute approximate surface area is 81.9 Å². The van der Waals surface area contributed by atoms with E-state index in [9.17, 15) is 4.39 Å². The van der Waals surface area contributed by atoms with Crippen molar-refractivity contribution >= 4 is 11.8 Å². The standard InChI is InChI=1S/C10H12FNS/c1-12-6-8-4-2-3-5-9(8)13-10(11)7-12/h2-5,10H,6-7H2,1H3/t10-/m0/s1. The van der Waals surface area contributed by atoms with Crippen LogP contribution in [0.5, 0.6) is 0 Å². The van der Waals surface area contributed by atoms with Crippen LogP contribution in [0.15, 0.2) is 29.2 Å². The van der Waals surface area contributed by atoms with Gasteiger partial charge in [0.15, 0.2) is 5.50 Å². The zero-order chi connectivity index (χ0) is 9.26. The number of thioether (sulfide) groups is 1. The quantitative estimate of drug-likeness (QED) is 0.628. The average molecular weight is 197 g/mol. The van der Waals surface area contributed by atoms with Gasteiger partial charge in [-0.15, -0.1) is 0 Å². The molecule has 0 N–H and O–H groups in total. The Morgan fingerprint density at radius 3 is 3.08 bits per heavy atom. The highest BCUT2D eigenvalue weighted by Gasteiger charge is 2.18. The van der Waals surface area contributed by atoms with Crippen LogP contribution < -0.4 is 0 Å². The minimum Gasteiger partial charge on any atom is -0.298 e. The normalized spacial score (nSPS) is 23.7. The molecule has 0 spiro atoms. The van der Waals surface area contributed by atoms with E-state index in [1.165, 1.54) is 17.3 Å². The van der Waals surface area contributed by atoms with Crippen LogP contribution >= 0.6 is 11.8 Å². The van der Waals surface area contributed by atoms with E-state index in [1.54, 1.807) is 0 Å². The summed E-state index contributed by atoms with van der Waals surface area (Å²) in [4.78, 5) is 3.10. The summed E-state index contributed by atoms with van der Waals surface area (Å²) in [5, 5.41) is 0. The lowest BCUT2D eigenvalue weighted by atomic mass is 10.2. The smallest absolute Gasteiger partial charge is 0.163 e. The highest BCUT2D eigenvalue weighted by Crippen LogP contribution is 2.31. The first-order valence-electron chi connectivity index (χ1n) is 4.33. The predicted octanol–water partition coefficient (Wildman–Crippen LogP) is 2.52. The van der Waals surface area contributed by atoms with Gasteiger partial charge in [-0.1, -0.05) is 30.0 Å². The molecule has 0 aromatic heterocycles. The van der Waals surface area contributed by atoms with Crippen LogP contribution in [0.2, 0.25) is 0 Å². The molecule has 1 aromatic rings. The first kappa shape index (κ1) is 9.03. The highest BCUT2D eigenvalue weighted by molar-refractivity contribution is 7.99. The molecule has 2 rings (SSSR count). The Hall–Kier alpha value is -0.540. The second kappa shape index (κ2) is 3.68. The number of fused-ring (bicyclic) bond motifs is 1. The van der Waals surface area contributed by atoms with Crippen LogP contribution in [0.3, 0.4) is 0 Å². The largest absolute Gasteiger partial charge is 0.298 e. The Bertz CT molecular complexity index is 274. The molecule has 0 amide bonds. The molecule has 70 valence electrons. The molecule has 0 saturated carbocycles. The van der Waals surface area contributed by atoms with Crippen molar-refractivity contribution in [1.82, 2.24) is 4.90 Å². The van der Waals surface area contributed by atoms with Gasteiger partial charge in [0.2, 0.25) is 0 Å². The third-order valence-electron chi connectivity index (χ3n) is 2.12. The molecule has 0 saturated heterocycles. The van der Waals surface area contributed by atoms with Crippen molar-refractivity contribution in [3.05, 3.63) is 29.8 Å². The van der Waals surface area contributed by atoms with Gasteiger partial charge in [0.1, 0.15) is 0 Å². The molecule has 1 aliphatic heterocycles. The Kier molecular flexibility index (Phi) is 2.56. The fourth-order valence-electron chi connectivity index (χ4n) is 1.52. The van der Waals surface area contributed by atoms with Crippen LogP contribution in [-0.2, 0) is 6.54 Å². The number of benzene rings is 1. The fourth-order valence-corrected chi connectivity index (χ4v) is 2.57. The van der Waals surface area contributed by atoms with E-state index in [0.29, 0.717) is 6.54 Å². The van der Waals surface area contributed by atoms with Crippen molar-refractivity contribution < 1.29 is 4.39 Å². The minimum absolute atomic E-state index is 0.513. The number of nitrogens with zero attached hydrogens (tertiary/aromatic N) is 1. The van der Waals surface area contributed by atoms with E-state index in [4.69, 9.17) is 0 Å². The maximum absolute atomic E-state index is 13.3. The summed E-state index contributed by atoms with van der Waals surface area (Å²) in [6, 6.07) is 8.03. The Morgan fingerprint density at radius 1 is 1.46 bits per heavy atom. The molecule has 0 radical (unpaired) electrons. The summed E-state index contributed by atoms with van der Waals surface area (Å²) in [7, 11) is 1.95. The molecular weight excluding hydrogens is 185 g/mol. The molecule has 3 heteroatoms. The summed E-state index contributed by atoms with van der Waals surface area (Å²) < 4.78 is 13.3. The predicted molar refractivity (Wildman–Crippen MR) is 53.5 cm³/mol. The van der Waals surface area contributed by atoms with Gasteiger partial charge in [-0.25, -0.2) is 4.39 Å². The van der Waals surface area contributed by atoms with Gasteiger partial charge >= 0.3 is 0 Å². The second-order valence-electron chi connectivity index (χ2n) is 3.33. The second-order valence-corrected chi connectivity index (χ2v) is 4.52. The van der Waals surface area contributed by atoms with Gasteiger partial charge in [-0.05, 0) is 18.7 Å². The van der Waals surface area contributed by atoms with Crippen LogP contribution in [0.4, 0.5) is 4.39 Å². The summed E-state index contributed by atoms with van der Waals surface area (Å²) in [5.41, 5.74) is 0.434. The number of halogens is 1. The summed E-state index contributed by atoms with van der Waals surface area (Å²) in [6.45, 7) is 1.36. The van der Waals surface area contributed by atoms with E-state index in [-0.39, 0.29) is 0 Å². The molecule has 0 bridgehead atoms. The van der Waals surface area contributed by atoms with Crippen molar-refractivity contribution in [1.29, 1.82) is 0 Å². The van der Waals surface area contributed by atoms with Crippen molar-refractivity contribution in [2.45, 2.75) is 16.9 Å². The summed E-state index contributed by atoms with van der Waals surface area (Å²) in [6.07, 6.45) is 0. The fraction of sp³-hybridized carbons (Fsp3) is 0.400. The molecular formula is C10H12FNS. The molecule has 1 aliphatic rings. The summed E-state index contributed by atoms with van der Waals surface area (Å²) in [5.74, 6) is 0. The monoisotopic (exact) mass is 197 g/mol. The minimum atomic E-state index is -0.798. The molecule has 0 aliphatic carbocycles. The average Bonchev–Trinajstić information content (AvgIpc) is 2.20. The molecule has 1 heterocycles. The topological polar surface area (TPSA) is 3.24 Å². The molecule has 13 heavy (non-hydrogen) atoms. The van der Waals surface area contributed by atoms with Gasteiger partial charge in [0.25, 0.3) is 0 Å². The van der Waals surface area contributed by atoms with Gasteiger partial charge < -0.3 is 0 Å². The van der Waals surface area contributed by atoms with Crippen molar-refractivity contribution in [3.63, 3.8) is 0 Å². The zero-order valence-electron chi connectivity index (χ0n) is 7.53. The number of hydrogen-bond acceptors (Lipinski definition) is 2. The van der Waals surface area contributed by atoms with E-state index >= 15 is 0 Å². The first-order chi connectivity index (χ1) is 6.25. The SMILES string of the molecule is CN1Cc2ccccc2S[C@H](F)C1. The number of alkyl halides is 1. The third-order valence-corrected chi connectivity index (χ3v) is 3.18. The van der Waals surface area contributed by atoms with Crippen LogP contribution in [0, 0.1) is 0 Å². The molecule has 0 unspecified atom stereocenters. The third kappa shape index (κ3) is 2.03. The van der Waals surface area contributed by atoms with E-state index in [1.807, 2.05) is 30.1 Å².